The van der Waals surface area contributed by atoms with Gasteiger partial charge in [-0.05, 0) is 45.2 Å². The summed E-state index contributed by atoms with van der Waals surface area (Å²) in [6, 6.07) is 10.2. The number of aromatic nitrogens is 2. The molecule has 5 heteroatoms. The number of rotatable bonds is 4. The molecule has 1 N–H and O–H groups in total. The largest absolute Gasteiger partial charge is 0.352 e. The molecule has 2 heterocycles. The maximum atomic E-state index is 12.6. The van der Waals surface area contributed by atoms with Gasteiger partial charge in [0, 0.05) is 31.0 Å². The maximum Gasteiger partial charge on any atom is 0.225 e. The van der Waals surface area contributed by atoms with Gasteiger partial charge in [-0.25, -0.2) is 9.97 Å². The second-order valence-corrected chi connectivity index (χ2v) is 6.94. The molecule has 3 rings (SSSR count). The number of nitrogens with one attached hydrogen (secondary N) is 1. The number of piperidine rings is 1. The van der Waals surface area contributed by atoms with Crippen LogP contribution in [0.2, 0.25) is 0 Å². The molecular weight excluding hydrogens is 312 g/mol. The molecule has 0 spiro atoms. The van der Waals surface area contributed by atoms with Gasteiger partial charge in [0.1, 0.15) is 0 Å². The van der Waals surface area contributed by atoms with Crippen LogP contribution in [-0.2, 0) is 11.3 Å². The summed E-state index contributed by atoms with van der Waals surface area (Å²) in [7, 11) is 0. The predicted octanol–water partition coefficient (Wildman–Crippen LogP) is 2.93. The van der Waals surface area contributed by atoms with Gasteiger partial charge in [-0.15, -0.1) is 0 Å². The number of nitrogens with zero attached hydrogens (tertiary/aromatic N) is 3. The fourth-order valence-corrected chi connectivity index (χ4v) is 3.26. The van der Waals surface area contributed by atoms with Crippen molar-refractivity contribution >= 4 is 11.9 Å². The SMILES string of the molecule is Cc1ccc(CNC(=O)[C@H]2CCCN(c3nc(C)cc(C)n3)C2)cc1. The molecule has 0 unspecified atom stereocenters. The summed E-state index contributed by atoms with van der Waals surface area (Å²) >= 11 is 0. The zero-order valence-corrected chi connectivity index (χ0v) is 15.2. The summed E-state index contributed by atoms with van der Waals surface area (Å²) in [5.41, 5.74) is 4.29. The minimum atomic E-state index is -0.0105. The summed E-state index contributed by atoms with van der Waals surface area (Å²) in [5, 5.41) is 3.08. The van der Waals surface area contributed by atoms with Gasteiger partial charge < -0.3 is 10.2 Å². The number of hydrogen-bond donors (Lipinski definition) is 1. The van der Waals surface area contributed by atoms with Crippen molar-refractivity contribution in [3.8, 4) is 0 Å². The molecule has 25 heavy (non-hydrogen) atoms. The van der Waals surface area contributed by atoms with Gasteiger partial charge >= 0.3 is 0 Å². The minimum Gasteiger partial charge on any atom is -0.352 e. The molecule has 1 aromatic carbocycles. The Morgan fingerprint density at radius 2 is 1.84 bits per heavy atom. The Bertz CT molecular complexity index is 722. The number of aryl methyl sites for hydroxylation is 3. The predicted molar refractivity (Wildman–Crippen MR) is 99.5 cm³/mol. The van der Waals surface area contributed by atoms with E-state index in [1.165, 1.54) is 5.56 Å². The van der Waals surface area contributed by atoms with Crippen LogP contribution < -0.4 is 10.2 Å². The fourth-order valence-electron chi connectivity index (χ4n) is 3.26. The Morgan fingerprint density at radius 1 is 1.16 bits per heavy atom. The molecule has 132 valence electrons. The third kappa shape index (κ3) is 4.56. The highest BCUT2D eigenvalue weighted by Crippen LogP contribution is 2.21. The average Bonchev–Trinajstić information content (AvgIpc) is 2.60. The highest BCUT2D eigenvalue weighted by atomic mass is 16.1. The topological polar surface area (TPSA) is 58.1 Å². The van der Waals surface area contributed by atoms with E-state index >= 15 is 0 Å². The van der Waals surface area contributed by atoms with Crippen LogP contribution >= 0.6 is 0 Å². The van der Waals surface area contributed by atoms with Gasteiger partial charge in [0.15, 0.2) is 0 Å². The first-order chi connectivity index (χ1) is 12.0. The van der Waals surface area contributed by atoms with Crippen LogP contribution in [0.15, 0.2) is 30.3 Å². The lowest BCUT2D eigenvalue weighted by atomic mass is 9.97. The van der Waals surface area contributed by atoms with E-state index in [2.05, 4.69) is 51.4 Å². The van der Waals surface area contributed by atoms with Crippen LogP contribution in [-0.4, -0.2) is 29.0 Å². The molecule has 0 radical (unpaired) electrons. The molecule has 1 saturated heterocycles. The summed E-state index contributed by atoms with van der Waals surface area (Å²) in [6.45, 7) is 8.19. The van der Waals surface area contributed by atoms with Crippen molar-refractivity contribution < 1.29 is 4.79 Å². The fraction of sp³-hybridized carbons (Fsp3) is 0.450. The monoisotopic (exact) mass is 338 g/mol. The van der Waals surface area contributed by atoms with Crippen molar-refractivity contribution in [2.75, 3.05) is 18.0 Å². The Morgan fingerprint density at radius 3 is 2.52 bits per heavy atom. The van der Waals surface area contributed by atoms with Crippen molar-refractivity contribution in [3.05, 3.63) is 52.8 Å². The number of hydrogen-bond acceptors (Lipinski definition) is 4. The smallest absolute Gasteiger partial charge is 0.225 e. The molecule has 0 aliphatic carbocycles. The van der Waals surface area contributed by atoms with E-state index in [0.717, 1.165) is 42.3 Å². The third-order valence-electron chi connectivity index (χ3n) is 4.63. The minimum absolute atomic E-state index is 0.0105. The Hall–Kier alpha value is -2.43. The van der Waals surface area contributed by atoms with Crippen molar-refractivity contribution in [1.29, 1.82) is 0 Å². The van der Waals surface area contributed by atoms with Crippen LogP contribution in [0.1, 0.15) is 35.4 Å². The number of benzene rings is 1. The van der Waals surface area contributed by atoms with E-state index in [1.807, 2.05) is 19.9 Å². The normalized spacial score (nSPS) is 17.4. The average molecular weight is 338 g/mol. The standard InChI is InChI=1S/C20H26N4O/c1-14-6-8-17(9-7-14)12-21-19(25)18-5-4-10-24(13-18)20-22-15(2)11-16(3)23-20/h6-9,11,18H,4-5,10,12-13H2,1-3H3,(H,21,25)/t18-/m0/s1. The Labute approximate surface area is 149 Å². The van der Waals surface area contributed by atoms with Crippen LogP contribution in [0.5, 0.6) is 0 Å². The van der Waals surface area contributed by atoms with Crippen molar-refractivity contribution in [2.45, 2.75) is 40.2 Å². The Kier molecular flexibility index (Phi) is 5.31. The summed E-state index contributed by atoms with van der Waals surface area (Å²) in [4.78, 5) is 23.8. The third-order valence-corrected chi connectivity index (χ3v) is 4.63. The van der Waals surface area contributed by atoms with Crippen molar-refractivity contribution in [2.24, 2.45) is 5.92 Å². The summed E-state index contributed by atoms with van der Waals surface area (Å²) in [6.07, 6.45) is 1.90. The van der Waals surface area contributed by atoms with Gasteiger partial charge in [-0.1, -0.05) is 29.8 Å². The first-order valence-corrected chi connectivity index (χ1v) is 8.92. The number of anilines is 1. The lowest BCUT2D eigenvalue weighted by molar-refractivity contribution is -0.125. The van der Waals surface area contributed by atoms with Crippen molar-refractivity contribution in [3.63, 3.8) is 0 Å². The molecule has 0 bridgehead atoms. The second-order valence-electron chi connectivity index (χ2n) is 6.94. The van der Waals surface area contributed by atoms with E-state index in [1.54, 1.807) is 0 Å². The van der Waals surface area contributed by atoms with Crippen LogP contribution in [0.25, 0.3) is 0 Å². The van der Waals surface area contributed by atoms with Gasteiger partial charge in [-0.2, -0.15) is 0 Å². The Balaban J connectivity index is 1.60. The number of carbonyl (C=O) groups excluding carboxylic acids is 1. The molecule has 2 aromatic rings. The lowest BCUT2D eigenvalue weighted by Gasteiger charge is -2.32. The number of carbonyl (C=O) groups is 1. The molecule has 1 aromatic heterocycles. The zero-order valence-electron chi connectivity index (χ0n) is 15.2. The highest BCUT2D eigenvalue weighted by molar-refractivity contribution is 5.79. The quantitative estimate of drug-likeness (QED) is 0.931. The maximum absolute atomic E-state index is 12.6. The molecule has 1 aliphatic heterocycles. The molecule has 0 saturated carbocycles. The van der Waals surface area contributed by atoms with Gasteiger partial charge in [0.2, 0.25) is 11.9 Å². The van der Waals surface area contributed by atoms with Gasteiger partial charge in [-0.3, -0.25) is 4.79 Å². The molecular formula is C20H26N4O. The van der Waals surface area contributed by atoms with E-state index in [0.29, 0.717) is 13.1 Å². The molecule has 1 amide bonds. The first kappa shape index (κ1) is 17.4. The molecule has 1 atom stereocenters. The van der Waals surface area contributed by atoms with Crippen molar-refractivity contribution in [1.82, 2.24) is 15.3 Å². The second kappa shape index (κ2) is 7.64. The van der Waals surface area contributed by atoms with E-state index in [4.69, 9.17) is 0 Å². The molecule has 5 nitrogen and oxygen atoms in total. The van der Waals surface area contributed by atoms with E-state index < -0.39 is 0 Å². The van der Waals surface area contributed by atoms with E-state index in [9.17, 15) is 4.79 Å². The molecule has 1 aliphatic rings. The van der Waals surface area contributed by atoms with Crippen LogP contribution in [0.3, 0.4) is 0 Å². The van der Waals surface area contributed by atoms with Crippen LogP contribution in [0, 0.1) is 26.7 Å². The number of amides is 1. The van der Waals surface area contributed by atoms with E-state index in [-0.39, 0.29) is 11.8 Å². The zero-order chi connectivity index (χ0) is 17.8. The molecule has 1 fully saturated rings. The van der Waals surface area contributed by atoms with Gasteiger partial charge in [0.05, 0.1) is 5.92 Å². The van der Waals surface area contributed by atoms with Crippen LogP contribution in [0.4, 0.5) is 5.95 Å². The lowest BCUT2D eigenvalue weighted by Crippen LogP contribution is -2.43. The summed E-state index contributed by atoms with van der Waals surface area (Å²) in [5.74, 6) is 0.854. The first-order valence-electron chi connectivity index (χ1n) is 8.92. The summed E-state index contributed by atoms with van der Waals surface area (Å²) < 4.78 is 0. The highest BCUT2D eigenvalue weighted by Gasteiger charge is 2.27. The van der Waals surface area contributed by atoms with Gasteiger partial charge in [0.25, 0.3) is 0 Å².